The molecule has 1 aromatic heterocycles. The smallest absolute Gasteiger partial charge is 0.449 e. The van der Waals surface area contributed by atoms with Gasteiger partial charge in [0.05, 0.1) is 31.3 Å². The van der Waals surface area contributed by atoms with Gasteiger partial charge in [-0.1, -0.05) is 42.5 Å². The Bertz CT molecular complexity index is 1420. The lowest BCUT2D eigenvalue weighted by Crippen LogP contribution is -2.42. The highest BCUT2D eigenvalue weighted by molar-refractivity contribution is 5.82. The number of ether oxygens (including phenoxy) is 2. The number of amides is 1. The Kier molecular flexibility index (Phi) is 6.07. The molecule has 0 radical (unpaired) electrons. The summed E-state index contributed by atoms with van der Waals surface area (Å²) in [4.78, 5) is 19.1. The van der Waals surface area contributed by atoms with E-state index in [1.165, 1.54) is 13.2 Å². The van der Waals surface area contributed by atoms with Crippen molar-refractivity contribution in [2.75, 3.05) is 20.8 Å². The van der Waals surface area contributed by atoms with Gasteiger partial charge < -0.3 is 18.9 Å². The molecule has 1 unspecified atom stereocenters. The zero-order valence-electron chi connectivity index (χ0n) is 19.7. The van der Waals surface area contributed by atoms with Crippen LogP contribution in [-0.4, -0.2) is 41.1 Å². The van der Waals surface area contributed by atoms with Gasteiger partial charge in [-0.2, -0.15) is 13.2 Å². The number of fused-ring (bicyclic) bond motifs is 2. The molecule has 1 amide bonds. The second kappa shape index (κ2) is 9.22. The first-order chi connectivity index (χ1) is 17.3. The fourth-order valence-corrected chi connectivity index (χ4v) is 4.89. The highest BCUT2D eigenvalue weighted by Gasteiger charge is 2.39. The maximum atomic E-state index is 13.8. The molecule has 0 N–H and O–H groups in total. The molecule has 0 saturated heterocycles. The van der Waals surface area contributed by atoms with Crippen LogP contribution in [-0.2, 0) is 23.9 Å². The molecule has 1 aliphatic heterocycles. The highest BCUT2D eigenvalue weighted by atomic mass is 19.4. The van der Waals surface area contributed by atoms with Crippen LogP contribution < -0.4 is 9.47 Å². The van der Waals surface area contributed by atoms with Crippen molar-refractivity contribution in [3.63, 3.8) is 0 Å². The number of para-hydroxylation sites is 2. The van der Waals surface area contributed by atoms with Crippen LogP contribution in [0.25, 0.3) is 11.0 Å². The predicted octanol–water partition coefficient (Wildman–Crippen LogP) is 5.25. The van der Waals surface area contributed by atoms with E-state index in [-0.39, 0.29) is 11.0 Å². The van der Waals surface area contributed by atoms with Crippen LogP contribution in [0.15, 0.2) is 66.7 Å². The van der Waals surface area contributed by atoms with E-state index in [0.29, 0.717) is 24.5 Å². The van der Waals surface area contributed by atoms with Crippen molar-refractivity contribution in [3.05, 3.63) is 89.2 Å². The molecule has 3 aromatic carbocycles. The van der Waals surface area contributed by atoms with E-state index in [0.717, 1.165) is 21.3 Å². The summed E-state index contributed by atoms with van der Waals surface area (Å²) in [5, 5.41) is 0. The van der Waals surface area contributed by atoms with Crippen LogP contribution in [0.1, 0.15) is 28.6 Å². The zero-order valence-corrected chi connectivity index (χ0v) is 19.7. The average Bonchev–Trinajstić information content (AvgIpc) is 3.26. The summed E-state index contributed by atoms with van der Waals surface area (Å²) in [7, 11) is 3.10. The summed E-state index contributed by atoms with van der Waals surface area (Å²) >= 11 is 0. The van der Waals surface area contributed by atoms with Crippen molar-refractivity contribution in [3.8, 4) is 11.5 Å². The maximum Gasteiger partial charge on any atom is 0.449 e. The number of halogens is 3. The molecule has 0 bridgehead atoms. The molecule has 0 fully saturated rings. The first-order valence-electron chi connectivity index (χ1n) is 11.4. The Balaban J connectivity index is 1.59. The molecule has 0 aliphatic carbocycles. The van der Waals surface area contributed by atoms with E-state index in [1.54, 1.807) is 30.2 Å². The lowest BCUT2D eigenvalue weighted by Gasteiger charge is -2.38. The van der Waals surface area contributed by atoms with Crippen molar-refractivity contribution in [2.45, 2.75) is 25.2 Å². The minimum absolute atomic E-state index is 0.193. The number of aromatic nitrogens is 2. The van der Waals surface area contributed by atoms with Crippen LogP contribution >= 0.6 is 0 Å². The summed E-state index contributed by atoms with van der Waals surface area (Å²) in [5.41, 5.74) is 3.15. The molecule has 186 valence electrons. The normalized spacial score (nSPS) is 15.6. The Morgan fingerprint density at radius 3 is 2.36 bits per heavy atom. The second-order valence-electron chi connectivity index (χ2n) is 8.56. The van der Waals surface area contributed by atoms with Gasteiger partial charge >= 0.3 is 6.18 Å². The summed E-state index contributed by atoms with van der Waals surface area (Å²) in [6, 6.07) is 19.0. The number of nitrogens with zero attached hydrogens (tertiary/aromatic N) is 3. The third-order valence-corrected chi connectivity index (χ3v) is 6.51. The van der Waals surface area contributed by atoms with Gasteiger partial charge in [0.2, 0.25) is 11.7 Å². The first kappa shape index (κ1) is 23.7. The zero-order chi connectivity index (χ0) is 25.4. The Hall–Kier alpha value is -4.01. The van der Waals surface area contributed by atoms with Crippen molar-refractivity contribution in [1.29, 1.82) is 0 Å². The van der Waals surface area contributed by atoms with Gasteiger partial charge in [-0.05, 0) is 47.4 Å². The number of imidazole rings is 1. The van der Waals surface area contributed by atoms with Crippen molar-refractivity contribution < 1.29 is 27.4 Å². The molecule has 0 saturated carbocycles. The number of carbonyl (C=O) groups excluding carboxylic acids is 1. The maximum absolute atomic E-state index is 13.8. The van der Waals surface area contributed by atoms with Crippen molar-refractivity contribution >= 4 is 16.9 Å². The van der Waals surface area contributed by atoms with E-state index < -0.39 is 30.5 Å². The molecule has 5 rings (SSSR count). The molecule has 4 aromatic rings. The molecule has 1 aliphatic rings. The molecule has 36 heavy (non-hydrogen) atoms. The number of carbonyl (C=O) groups is 1. The Morgan fingerprint density at radius 2 is 1.67 bits per heavy atom. The monoisotopic (exact) mass is 495 g/mol. The van der Waals surface area contributed by atoms with Gasteiger partial charge in [-0.3, -0.25) is 4.79 Å². The van der Waals surface area contributed by atoms with E-state index in [4.69, 9.17) is 9.47 Å². The van der Waals surface area contributed by atoms with Crippen LogP contribution in [0, 0.1) is 0 Å². The van der Waals surface area contributed by atoms with Gasteiger partial charge in [0.1, 0.15) is 6.54 Å². The van der Waals surface area contributed by atoms with E-state index in [9.17, 15) is 18.0 Å². The summed E-state index contributed by atoms with van der Waals surface area (Å²) in [5.74, 6) is -0.413. The van der Waals surface area contributed by atoms with Crippen LogP contribution in [0.4, 0.5) is 13.2 Å². The molecule has 6 nitrogen and oxygen atoms in total. The molecule has 9 heteroatoms. The predicted molar refractivity (Wildman–Crippen MR) is 128 cm³/mol. The minimum Gasteiger partial charge on any atom is -0.493 e. The molecule has 0 spiro atoms. The summed E-state index contributed by atoms with van der Waals surface area (Å²) in [6.45, 7) is -0.143. The molecule has 2 heterocycles. The fourth-order valence-electron chi connectivity index (χ4n) is 4.89. The lowest BCUT2D eigenvalue weighted by molar-refractivity contribution is -0.148. The van der Waals surface area contributed by atoms with Crippen molar-refractivity contribution in [1.82, 2.24) is 14.5 Å². The summed E-state index contributed by atoms with van der Waals surface area (Å²) < 4.78 is 53.4. The quantitative estimate of drug-likeness (QED) is 0.380. The van der Waals surface area contributed by atoms with Gasteiger partial charge in [-0.15, -0.1) is 0 Å². The summed E-state index contributed by atoms with van der Waals surface area (Å²) in [6.07, 6.45) is -4.17. The molecule has 1 atom stereocenters. The molecular formula is C27H24F3N3O3. The topological polar surface area (TPSA) is 56.6 Å². The minimum atomic E-state index is -4.70. The van der Waals surface area contributed by atoms with E-state index in [2.05, 4.69) is 4.98 Å². The number of methoxy groups -OCH3 is 2. The standard InChI is InChI=1S/C27H24F3N3O3/c1-35-22-14-18-12-13-32(25(17-8-4-3-5-9-17)19(18)15-23(22)36-2)24(34)16-33-21-11-7-6-10-20(21)31-26(33)27(28,29)30/h3-11,14-15,25H,12-13,16H2,1-2H3. The third-order valence-electron chi connectivity index (χ3n) is 6.51. The van der Waals surface area contributed by atoms with Crippen LogP contribution in [0.5, 0.6) is 11.5 Å². The number of hydrogen-bond donors (Lipinski definition) is 0. The highest BCUT2D eigenvalue weighted by Crippen LogP contribution is 2.41. The van der Waals surface area contributed by atoms with E-state index >= 15 is 0 Å². The average molecular weight is 496 g/mol. The van der Waals surface area contributed by atoms with Crippen LogP contribution in [0.2, 0.25) is 0 Å². The fraction of sp³-hybridized carbons (Fsp3) is 0.259. The number of hydrogen-bond acceptors (Lipinski definition) is 4. The van der Waals surface area contributed by atoms with Crippen molar-refractivity contribution in [2.24, 2.45) is 0 Å². The number of benzene rings is 3. The second-order valence-corrected chi connectivity index (χ2v) is 8.56. The van der Waals surface area contributed by atoms with Gasteiger partial charge in [0.15, 0.2) is 11.5 Å². The number of rotatable bonds is 5. The van der Waals surface area contributed by atoms with Gasteiger partial charge in [0, 0.05) is 6.54 Å². The lowest BCUT2D eigenvalue weighted by atomic mass is 9.87. The van der Waals surface area contributed by atoms with Gasteiger partial charge in [0.25, 0.3) is 0 Å². The molecular weight excluding hydrogens is 471 g/mol. The number of alkyl halides is 3. The third kappa shape index (κ3) is 4.14. The van der Waals surface area contributed by atoms with Crippen LogP contribution in [0.3, 0.4) is 0 Å². The Labute approximate surface area is 205 Å². The first-order valence-corrected chi connectivity index (χ1v) is 11.4. The SMILES string of the molecule is COc1cc2c(cc1OC)C(c1ccccc1)N(C(=O)Cn1c(C(F)(F)F)nc3ccccc31)CC2. The largest absolute Gasteiger partial charge is 0.493 e. The van der Waals surface area contributed by atoms with Gasteiger partial charge in [-0.25, -0.2) is 4.98 Å². The Morgan fingerprint density at radius 1 is 1.00 bits per heavy atom. The van der Waals surface area contributed by atoms with E-state index in [1.807, 2.05) is 42.5 Å².